The Bertz CT molecular complexity index is 1310. The largest absolute Gasteiger partial charge is 0.490 e. The number of aliphatic hydroxyl groups is 1. The summed E-state index contributed by atoms with van der Waals surface area (Å²) in [6, 6.07) is 7.62. The molecule has 10 heteroatoms. The number of carbonyl (C=O) groups excluding carboxylic acids is 1. The number of hydrogen-bond acceptors (Lipinski definition) is 10. The molecular formula is C30H41N5O5. The van der Waals surface area contributed by atoms with E-state index in [0.717, 1.165) is 78.4 Å². The van der Waals surface area contributed by atoms with Crippen molar-refractivity contribution in [1.82, 2.24) is 20.0 Å². The van der Waals surface area contributed by atoms with E-state index in [-0.39, 0.29) is 18.6 Å². The molecule has 1 aromatic carbocycles. The van der Waals surface area contributed by atoms with Crippen LogP contribution in [-0.4, -0.2) is 83.1 Å². The number of anilines is 1. The number of nitrogens with zero attached hydrogens (tertiary/aromatic N) is 5. The Balaban J connectivity index is 1.49. The first kappa shape index (κ1) is 29.5. The number of aliphatic hydroxyl groups excluding tert-OH is 1. The van der Waals surface area contributed by atoms with Crippen molar-refractivity contribution in [3.63, 3.8) is 0 Å². The Morgan fingerprint density at radius 3 is 2.62 bits per heavy atom. The molecule has 0 saturated carbocycles. The second kappa shape index (κ2) is 13.2. The van der Waals surface area contributed by atoms with Crippen LogP contribution >= 0.6 is 0 Å². The Labute approximate surface area is 236 Å². The van der Waals surface area contributed by atoms with Gasteiger partial charge in [-0.1, -0.05) is 12.1 Å². The second-order valence-corrected chi connectivity index (χ2v) is 10.2. The predicted molar refractivity (Wildman–Crippen MR) is 153 cm³/mol. The lowest BCUT2D eigenvalue weighted by Crippen LogP contribution is -2.42. The van der Waals surface area contributed by atoms with Crippen LogP contribution in [0.25, 0.3) is 22.8 Å². The molecule has 1 aliphatic heterocycles. The molecule has 0 amide bonds. The Morgan fingerprint density at radius 1 is 1.15 bits per heavy atom. The van der Waals surface area contributed by atoms with Crippen molar-refractivity contribution >= 4 is 11.8 Å². The van der Waals surface area contributed by atoms with Crippen LogP contribution < -0.4 is 9.64 Å². The molecule has 1 aliphatic rings. The topological polar surface area (TPSA) is 114 Å². The molecule has 10 nitrogen and oxygen atoms in total. The van der Waals surface area contributed by atoms with Gasteiger partial charge >= 0.3 is 5.97 Å². The minimum Gasteiger partial charge on any atom is -0.490 e. The SMILES string of the molecule is CCc1cc(-c2noc(-c3cc(C)nc(N(CC)CC)c3)n2)cc(C)c1OC[C@@H](O)CN1CCC[C@H]1C(=O)OC. The minimum atomic E-state index is -0.737. The molecule has 216 valence electrons. The number of pyridine rings is 1. The van der Waals surface area contributed by atoms with Gasteiger partial charge in [-0.15, -0.1) is 0 Å². The van der Waals surface area contributed by atoms with E-state index in [1.54, 1.807) is 0 Å². The molecule has 3 heterocycles. The fourth-order valence-corrected chi connectivity index (χ4v) is 5.34. The number of aryl methyl sites for hydroxylation is 3. The average Bonchev–Trinajstić information content (AvgIpc) is 3.62. The third kappa shape index (κ3) is 6.62. The third-order valence-electron chi connectivity index (χ3n) is 7.39. The number of β-amino-alcohol motifs (C(OH)–C–C–N with tert-alkyl or cyclic N) is 1. The molecule has 2 aromatic heterocycles. The summed E-state index contributed by atoms with van der Waals surface area (Å²) in [5.41, 5.74) is 4.47. The van der Waals surface area contributed by atoms with Gasteiger partial charge in [-0.3, -0.25) is 9.69 Å². The highest BCUT2D eigenvalue weighted by Crippen LogP contribution is 2.32. The number of esters is 1. The van der Waals surface area contributed by atoms with Crippen LogP contribution in [-0.2, 0) is 16.0 Å². The Kier molecular flexibility index (Phi) is 9.76. The second-order valence-electron chi connectivity index (χ2n) is 10.2. The molecule has 0 unspecified atom stereocenters. The van der Waals surface area contributed by atoms with Crippen molar-refractivity contribution in [2.75, 3.05) is 44.8 Å². The normalized spacial score (nSPS) is 16.2. The maximum atomic E-state index is 12.0. The molecule has 1 fully saturated rings. The average molecular weight is 552 g/mol. The zero-order valence-corrected chi connectivity index (χ0v) is 24.4. The van der Waals surface area contributed by atoms with Crippen molar-refractivity contribution in [3.8, 4) is 28.6 Å². The van der Waals surface area contributed by atoms with Crippen LogP contribution in [0.15, 0.2) is 28.8 Å². The van der Waals surface area contributed by atoms with Crippen LogP contribution in [0.4, 0.5) is 5.82 Å². The molecular weight excluding hydrogens is 510 g/mol. The summed E-state index contributed by atoms with van der Waals surface area (Å²) in [6.45, 7) is 13.2. The van der Waals surface area contributed by atoms with Gasteiger partial charge in [0.25, 0.3) is 5.89 Å². The number of ether oxygens (including phenoxy) is 2. The number of hydrogen-bond donors (Lipinski definition) is 1. The Hall–Kier alpha value is -3.50. The van der Waals surface area contributed by atoms with E-state index in [1.807, 2.05) is 43.0 Å². The monoisotopic (exact) mass is 551 g/mol. The van der Waals surface area contributed by atoms with Gasteiger partial charge in [0.05, 0.1) is 7.11 Å². The first-order chi connectivity index (χ1) is 19.3. The summed E-state index contributed by atoms with van der Waals surface area (Å²) >= 11 is 0. The standard InChI is InChI=1S/C30H41N5O5/c1-7-21-15-22(28-32-29(40-33-28)23-14-20(5)31-26(16-23)34(8-2)9-3)13-19(4)27(21)39-18-24(36)17-35-12-10-11-25(35)30(37)38-6/h13-16,24-25,36H,7-12,17-18H2,1-6H3/t24-,25-/m0/s1. The lowest BCUT2D eigenvalue weighted by molar-refractivity contribution is -0.146. The first-order valence-electron chi connectivity index (χ1n) is 14.1. The fraction of sp³-hybridized carbons (Fsp3) is 0.533. The summed E-state index contributed by atoms with van der Waals surface area (Å²) in [5, 5.41) is 15.0. The van der Waals surface area contributed by atoms with Gasteiger partial charge < -0.3 is 24.0 Å². The number of likely N-dealkylation sites (tertiary alicyclic amines) is 1. The van der Waals surface area contributed by atoms with E-state index in [2.05, 4.69) is 35.8 Å². The van der Waals surface area contributed by atoms with Gasteiger partial charge in [0, 0.05) is 36.5 Å². The van der Waals surface area contributed by atoms with Crippen molar-refractivity contribution in [3.05, 3.63) is 41.1 Å². The van der Waals surface area contributed by atoms with E-state index in [0.29, 0.717) is 18.3 Å². The number of rotatable bonds is 12. The quantitative estimate of drug-likeness (QED) is 0.329. The molecule has 3 aromatic rings. The van der Waals surface area contributed by atoms with Gasteiger partial charge in [-0.25, -0.2) is 4.98 Å². The lowest BCUT2D eigenvalue weighted by Gasteiger charge is -2.25. The van der Waals surface area contributed by atoms with E-state index in [9.17, 15) is 9.90 Å². The van der Waals surface area contributed by atoms with Gasteiger partial charge in [0.2, 0.25) is 5.82 Å². The zero-order valence-electron chi connectivity index (χ0n) is 24.4. The van der Waals surface area contributed by atoms with Crippen LogP contribution in [0.3, 0.4) is 0 Å². The number of carbonyl (C=O) groups is 1. The molecule has 2 atom stereocenters. The summed E-state index contributed by atoms with van der Waals surface area (Å²) in [5.74, 6) is 2.33. The zero-order chi connectivity index (χ0) is 28.8. The van der Waals surface area contributed by atoms with Gasteiger partial charge in [0.1, 0.15) is 30.3 Å². The van der Waals surface area contributed by atoms with Crippen LogP contribution in [0.1, 0.15) is 50.4 Å². The molecule has 1 N–H and O–H groups in total. The molecule has 0 aliphatic carbocycles. The highest BCUT2D eigenvalue weighted by atomic mass is 16.5. The maximum absolute atomic E-state index is 12.0. The molecule has 4 rings (SSSR count). The van der Waals surface area contributed by atoms with E-state index in [4.69, 9.17) is 19.0 Å². The molecule has 0 radical (unpaired) electrons. The van der Waals surface area contributed by atoms with Crippen molar-refractivity contribution in [2.45, 2.75) is 66.0 Å². The number of benzene rings is 1. The highest BCUT2D eigenvalue weighted by molar-refractivity contribution is 5.76. The first-order valence-corrected chi connectivity index (χ1v) is 14.1. The molecule has 0 bridgehead atoms. The summed E-state index contributed by atoms with van der Waals surface area (Å²) in [7, 11) is 1.40. The van der Waals surface area contributed by atoms with Crippen LogP contribution in [0.2, 0.25) is 0 Å². The molecule has 0 spiro atoms. The third-order valence-corrected chi connectivity index (χ3v) is 7.39. The minimum absolute atomic E-state index is 0.125. The smallest absolute Gasteiger partial charge is 0.323 e. The van der Waals surface area contributed by atoms with E-state index in [1.165, 1.54) is 7.11 Å². The van der Waals surface area contributed by atoms with Crippen molar-refractivity contribution in [1.29, 1.82) is 0 Å². The van der Waals surface area contributed by atoms with E-state index < -0.39 is 6.10 Å². The summed E-state index contributed by atoms with van der Waals surface area (Å²) in [6.07, 6.45) is 1.65. The summed E-state index contributed by atoms with van der Waals surface area (Å²) in [4.78, 5) is 25.6. The van der Waals surface area contributed by atoms with Gasteiger partial charge in [0.15, 0.2) is 0 Å². The van der Waals surface area contributed by atoms with Crippen molar-refractivity contribution < 1.29 is 23.9 Å². The van der Waals surface area contributed by atoms with Gasteiger partial charge in [-0.2, -0.15) is 4.98 Å². The fourth-order valence-electron chi connectivity index (χ4n) is 5.34. The van der Waals surface area contributed by atoms with Crippen LogP contribution in [0, 0.1) is 13.8 Å². The molecule has 40 heavy (non-hydrogen) atoms. The lowest BCUT2D eigenvalue weighted by atomic mass is 10.0. The number of aromatic nitrogens is 3. The number of methoxy groups -OCH3 is 1. The van der Waals surface area contributed by atoms with E-state index >= 15 is 0 Å². The maximum Gasteiger partial charge on any atom is 0.323 e. The highest BCUT2D eigenvalue weighted by Gasteiger charge is 2.32. The predicted octanol–water partition coefficient (Wildman–Crippen LogP) is 4.20. The van der Waals surface area contributed by atoms with Gasteiger partial charge in [-0.05, 0) is 88.9 Å². The van der Waals surface area contributed by atoms with Crippen molar-refractivity contribution in [2.24, 2.45) is 0 Å². The molecule has 1 saturated heterocycles. The Morgan fingerprint density at radius 2 is 1.93 bits per heavy atom. The van der Waals surface area contributed by atoms with Crippen LogP contribution in [0.5, 0.6) is 5.75 Å². The summed E-state index contributed by atoms with van der Waals surface area (Å²) < 4.78 is 16.7.